The number of ether oxygens (including phenoxy) is 1. The molecule has 0 saturated carbocycles. The van der Waals surface area contributed by atoms with Crippen molar-refractivity contribution in [2.45, 2.75) is 57.8 Å². The molecule has 0 unspecified atom stereocenters. The molecule has 6 rings (SSSR count). The third-order valence-corrected chi connectivity index (χ3v) is 8.22. The van der Waals surface area contributed by atoms with Gasteiger partial charge in [0.1, 0.15) is 17.6 Å². The molecular weight excluding hydrogens is 582 g/mol. The van der Waals surface area contributed by atoms with Crippen molar-refractivity contribution in [3.63, 3.8) is 0 Å². The van der Waals surface area contributed by atoms with Crippen LogP contribution in [0, 0.1) is 0 Å². The molecule has 11 nitrogen and oxygen atoms in total. The third-order valence-electron chi connectivity index (χ3n) is 8.22. The Morgan fingerprint density at radius 3 is 2.59 bits per heavy atom. The van der Waals surface area contributed by atoms with Crippen molar-refractivity contribution in [1.29, 1.82) is 0 Å². The van der Waals surface area contributed by atoms with E-state index in [1.165, 1.54) is 0 Å². The number of hydrogen-bond donors (Lipinski definition) is 3. The fourth-order valence-corrected chi connectivity index (χ4v) is 5.81. The minimum atomic E-state index is -0.673. The molecule has 1 aliphatic rings. The third kappa shape index (κ3) is 7.00. The number of anilines is 1. The van der Waals surface area contributed by atoms with Crippen molar-refractivity contribution in [2.24, 2.45) is 0 Å². The van der Waals surface area contributed by atoms with Crippen LogP contribution in [0.1, 0.15) is 43.6 Å². The summed E-state index contributed by atoms with van der Waals surface area (Å²) in [6.45, 7) is 4.77. The average molecular weight is 620 g/mol. The zero-order chi connectivity index (χ0) is 32.1. The Labute approximate surface area is 267 Å². The molecule has 46 heavy (non-hydrogen) atoms. The zero-order valence-electron chi connectivity index (χ0n) is 26.1. The number of nitrogens with one attached hydrogen (secondary N) is 3. The highest BCUT2D eigenvalue weighted by Gasteiger charge is 2.33. The van der Waals surface area contributed by atoms with Gasteiger partial charge in [0.05, 0.1) is 26.5 Å². The first-order valence-electron chi connectivity index (χ1n) is 15.3. The first-order valence-corrected chi connectivity index (χ1v) is 15.3. The standard InChI is InChI=1S/C35H37N7O4/c1-35(2,36-21-27-7-6-18-46-27)20-32(43)37-30-16-14-25-19-26(45-3)15-17-31(25)42(34(30)44)22-23-10-12-24(13-11-23)28-8-4-5-9-29(28)33-38-40-41-39-33/h4-13,15,17-19,30,36H,14,16,20-22H2,1-3H3,(H,37,43)(H,38,39,40,41)/t30-/m1/s1. The molecule has 0 aliphatic carbocycles. The molecule has 3 heterocycles. The second-order valence-corrected chi connectivity index (χ2v) is 12.0. The fraction of sp³-hybridized carbons (Fsp3) is 0.286. The number of H-pyrrole nitrogens is 1. The van der Waals surface area contributed by atoms with Crippen LogP contribution in [-0.2, 0) is 29.1 Å². The smallest absolute Gasteiger partial charge is 0.249 e. The fourth-order valence-electron chi connectivity index (χ4n) is 5.81. The average Bonchev–Trinajstić information content (AvgIpc) is 3.78. The van der Waals surface area contributed by atoms with Crippen molar-refractivity contribution >= 4 is 17.5 Å². The van der Waals surface area contributed by atoms with Crippen molar-refractivity contribution in [2.75, 3.05) is 12.0 Å². The molecular formula is C35H37N7O4. The number of fused-ring (bicyclic) bond motifs is 1. The molecule has 1 atom stereocenters. The molecule has 3 aromatic carbocycles. The topological polar surface area (TPSA) is 138 Å². The molecule has 2 amide bonds. The van der Waals surface area contributed by atoms with Gasteiger partial charge >= 0.3 is 0 Å². The van der Waals surface area contributed by atoms with Crippen LogP contribution in [0.25, 0.3) is 22.5 Å². The lowest BCUT2D eigenvalue weighted by molar-refractivity contribution is -0.128. The summed E-state index contributed by atoms with van der Waals surface area (Å²) in [4.78, 5) is 29.2. The maximum Gasteiger partial charge on any atom is 0.249 e. The number of rotatable bonds is 11. The number of amides is 2. The number of aryl methyl sites for hydroxylation is 1. The van der Waals surface area contributed by atoms with Gasteiger partial charge in [-0.15, -0.1) is 10.2 Å². The quantitative estimate of drug-likeness (QED) is 0.187. The number of hydrogen-bond acceptors (Lipinski definition) is 8. The summed E-state index contributed by atoms with van der Waals surface area (Å²) in [6.07, 6.45) is 2.92. The molecule has 3 N–H and O–H groups in total. The monoisotopic (exact) mass is 619 g/mol. The van der Waals surface area contributed by atoms with Crippen LogP contribution < -0.4 is 20.3 Å². The summed E-state index contributed by atoms with van der Waals surface area (Å²) in [5.74, 6) is 1.70. The second kappa shape index (κ2) is 13.4. The van der Waals surface area contributed by atoms with Gasteiger partial charge in [0.15, 0.2) is 0 Å². The van der Waals surface area contributed by atoms with Crippen LogP contribution in [0.3, 0.4) is 0 Å². The van der Waals surface area contributed by atoms with Gasteiger partial charge in [0.25, 0.3) is 0 Å². The van der Waals surface area contributed by atoms with E-state index in [4.69, 9.17) is 9.15 Å². The van der Waals surface area contributed by atoms with Crippen LogP contribution in [0.2, 0.25) is 0 Å². The minimum absolute atomic E-state index is 0.148. The predicted molar refractivity (Wildman–Crippen MR) is 174 cm³/mol. The summed E-state index contributed by atoms with van der Waals surface area (Å²) in [5, 5.41) is 20.9. The molecule has 0 radical (unpaired) electrons. The Kier molecular flexibility index (Phi) is 8.93. The number of carbonyl (C=O) groups is 2. The molecule has 0 spiro atoms. The van der Waals surface area contributed by atoms with Gasteiger partial charge in [-0.2, -0.15) is 5.21 Å². The highest BCUT2D eigenvalue weighted by Crippen LogP contribution is 2.33. The minimum Gasteiger partial charge on any atom is -0.497 e. The number of benzene rings is 3. The number of aromatic amines is 1. The maximum atomic E-state index is 14.1. The highest BCUT2D eigenvalue weighted by molar-refractivity contribution is 6.00. The molecule has 1 aliphatic heterocycles. The Morgan fingerprint density at radius 2 is 1.87 bits per heavy atom. The summed E-state index contributed by atoms with van der Waals surface area (Å²) in [7, 11) is 1.63. The number of nitrogens with zero attached hydrogens (tertiary/aromatic N) is 4. The number of carbonyl (C=O) groups excluding carboxylic acids is 2. The van der Waals surface area contributed by atoms with E-state index in [9.17, 15) is 9.59 Å². The van der Waals surface area contributed by atoms with E-state index in [1.54, 1.807) is 18.3 Å². The number of tetrazole rings is 1. The van der Waals surface area contributed by atoms with Gasteiger partial charge in [-0.25, -0.2) is 0 Å². The summed E-state index contributed by atoms with van der Waals surface area (Å²) in [5.41, 5.74) is 5.09. The van der Waals surface area contributed by atoms with E-state index >= 15 is 0 Å². The van der Waals surface area contributed by atoms with Crippen molar-refractivity contribution in [3.05, 3.63) is 102 Å². The van der Waals surface area contributed by atoms with Crippen LogP contribution in [0.15, 0.2) is 89.5 Å². The lowest BCUT2D eigenvalue weighted by Gasteiger charge is -2.29. The normalized spacial score (nSPS) is 14.9. The molecule has 5 aromatic rings. The second-order valence-electron chi connectivity index (χ2n) is 12.0. The molecule has 0 bridgehead atoms. The summed E-state index contributed by atoms with van der Waals surface area (Å²) < 4.78 is 10.9. The zero-order valence-corrected chi connectivity index (χ0v) is 26.1. The van der Waals surface area contributed by atoms with Gasteiger partial charge in [-0.1, -0.05) is 48.5 Å². The van der Waals surface area contributed by atoms with E-state index in [1.807, 2.05) is 92.7 Å². The lowest BCUT2D eigenvalue weighted by Crippen LogP contribution is -2.50. The highest BCUT2D eigenvalue weighted by atomic mass is 16.5. The Hall–Kier alpha value is -5.29. The van der Waals surface area contributed by atoms with Crippen LogP contribution in [0.4, 0.5) is 5.69 Å². The van der Waals surface area contributed by atoms with Gasteiger partial charge < -0.3 is 24.7 Å². The molecule has 0 fully saturated rings. The van der Waals surface area contributed by atoms with E-state index in [0.717, 1.165) is 45.0 Å². The number of aromatic nitrogens is 4. The van der Waals surface area contributed by atoms with Crippen LogP contribution >= 0.6 is 0 Å². The van der Waals surface area contributed by atoms with Crippen molar-refractivity contribution < 1.29 is 18.7 Å². The van der Waals surface area contributed by atoms with Crippen molar-refractivity contribution in [3.8, 4) is 28.3 Å². The SMILES string of the molecule is COc1ccc2c(c1)CC[C@@H](NC(=O)CC(C)(C)NCc1ccco1)C(=O)N2Cc1ccc(-c2ccccc2-c2nn[nH]n2)cc1. The van der Waals surface area contributed by atoms with Crippen LogP contribution in [-0.4, -0.2) is 51.1 Å². The van der Waals surface area contributed by atoms with Gasteiger partial charge in [0.2, 0.25) is 17.6 Å². The molecule has 236 valence electrons. The van der Waals surface area contributed by atoms with E-state index in [-0.39, 0.29) is 18.2 Å². The Morgan fingerprint density at radius 1 is 1.07 bits per heavy atom. The largest absolute Gasteiger partial charge is 0.497 e. The van der Waals surface area contributed by atoms with E-state index < -0.39 is 11.6 Å². The predicted octanol–water partition coefficient (Wildman–Crippen LogP) is 5.06. The van der Waals surface area contributed by atoms with E-state index in [0.29, 0.717) is 31.8 Å². The summed E-state index contributed by atoms with van der Waals surface area (Å²) in [6, 6.07) is 24.8. The Bertz CT molecular complexity index is 1780. The molecule has 0 saturated heterocycles. The van der Waals surface area contributed by atoms with Gasteiger partial charge in [-0.3, -0.25) is 9.59 Å². The van der Waals surface area contributed by atoms with E-state index in [2.05, 4.69) is 31.3 Å². The summed E-state index contributed by atoms with van der Waals surface area (Å²) >= 11 is 0. The van der Waals surface area contributed by atoms with Gasteiger partial charge in [-0.05, 0) is 84.5 Å². The lowest BCUT2D eigenvalue weighted by atomic mass is 9.98. The number of methoxy groups -OCH3 is 1. The van der Waals surface area contributed by atoms with Crippen molar-refractivity contribution in [1.82, 2.24) is 31.3 Å². The van der Waals surface area contributed by atoms with Gasteiger partial charge in [0, 0.05) is 23.2 Å². The molecule has 2 aromatic heterocycles. The van der Waals surface area contributed by atoms with Crippen LogP contribution in [0.5, 0.6) is 5.75 Å². The molecule has 11 heteroatoms. The number of furan rings is 1. The maximum absolute atomic E-state index is 14.1. The first kappa shape index (κ1) is 30.7. The Balaban J connectivity index is 1.21. The first-order chi connectivity index (χ1) is 22.3.